The number of pyridine rings is 1. The number of benzene rings is 2. The van der Waals surface area contributed by atoms with E-state index in [0.29, 0.717) is 22.3 Å². The average molecular weight is 487 g/mol. The molecule has 0 aliphatic heterocycles. The number of nitrogens with zero attached hydrogens (tertiary/aromatic N) is 2. The predicted molar refractivity (Wildman–Crippen MR) is 124 cm³/mol. The lowest BCUT2D eigenvalue weighted by molar-refractivity contribution is 0.102. The molecule has 0 aliphatic rings. The Morgan fingerprint density at radius 1 is 1.12 bits per heavy atom. The number of aryl methyl sites for hydroxylation is 2. The van der Waals surface area contributed by atoms with E-state index in [9.17, 15) is 13.2 Å². The van der Waals surface area contributed by atoms with Crippen molar-refractivity contribution in [1.82, 2.24) is 10.1 Å². The zero-order valence-electron chi connectivity index (χ0n) is 17.8. The molecule has 0 radical (unpaired) electrons. The van der Waals surface area contributed by atoms with Crippen LogP contribution in [0.4, 0.5) is 11.4 Å². The monoisotopic (exact) mass is 486 g/mol. The highest BCUT2D eigenvalue weighted by atomic mass is 35.5. The van der Waals surface area contributed by atoms with Crippen molar-refractivity contribution < 1.29 is 22.5 Å². The molecule has 0 spiro atoms. The second kappa shape index (κ2) is 8.72. The van der Waals surface area contributed by atoms with Crippen molar-refractivity contribution in [3.05, 3.63) is 70.5 Å². The van der Waals surface area contributed by atoms with Crippen LogP contribution in [0.5, 0.6) is 5.75 Å². The average Bonchev–Trinajstić information content (AvgIpc) is 3.15. The number of anilines is 2. The van der Waals surface area contributed by atoms with Crippen LogP contribution in [-0.2, 0) is 10.0 Å². The van der Waals surface area contributed by atoms with E-state index in [1.807, 2.05) is 0 Å². The minimum atomic E-state index is -4.09. The van der Waals surface area contributed by atoms with E-state index in [1.54, 1.807) is 38.1 Å². The highest BCUT2D eigenvalue weighted by Gasteiger charge is 2.23. The third-order valence-electron chi connectivity index (χ3n) is 4.82. The van der Waals surface area contributed by atoms with Gasteiger partial charge in [0.2, 0.25) is 0 Å². The molecule has 0 saturated heterocycles. The number of aromatic nitrogens is 2. The summed E-state index contributed by atoms with van der Waals surface area (Å²) in [4.78, 5) is 17.1. The van der Waals surface area contributed by atoms with Gasteiger partial charge >= 0.3 is 0 Å². The van der Waals surface area contributed by atoms with E-state index < -0.39 is 15.9 Å². The third-order valence-corrected chi connectivity index (χ3v) is 6.54. The zero-order chi connectivity index (χ0) is 23.8. The van der Waals surface area contributed by atoms with Gasteiger partial charge in [0, 0.05) is 11.4 Å². The summed E-state index contributed by atoms with van der Waals surface area (Å²) in [6.45, 7) is 3.44. The maximum atomic E-state index is 13.1. The topological polar surface area (TPSA) is 123 Å². The van der Waals surface area contributed by atoms with Gasteiger partial charge in [0.1, 0.15) is 10.6 Å². The lowest BCUT2D eigenvalue weighted by Crippen LogP contribution is -2.16. The number of hydrogen-bond acceptors (Lipinski definition) is 7. The molecule has 2 N–H and O–H groups in total. The van der Waals surface area contributed by atoms with Gasteiger partial charge in [0.05, 0.1) is 34.5 Å². The first-order chi connectivity index (χ1) is 15.7. The van der Waals surface area contributed by atoms with Gasteiger partial charge in [-0.05, 0) is 50.2 Å². The maximum absolute atomic E-state index is 13.1. The first-order valence-corrected chi connectivity index (χ1v) is 11.6. The number of carbonyl (C=O) groups excluding carboxylic acids is 1. The van der Waals surface area contributed by atoms with Crippen molar-refractivity contribution >= 4 is 50.0 Å². The van der Waals surface area contributed by atoms with Crippen LogP contribution in [0.25, 0.3) is 11.1 Å². The zero-order valence-corrected chi connectivity index (χ0v) is 19.4. The number of carbonyl (C=O) groups is 1. The van der Waals surface area contributed by atoms with Gasteiger partial charge in [-0.3, -0.25) is 9.52 Å². The number of sulfonamides is 1. The number of hydrogen-bond donors (Lipinski definition) is 2. The van der Waals surface area contributed by atoms with Gasteiger partial charge < -0.3 is 14.6 Å². The summed E-state index contributed by atoms with van der Waals surface area (Å²) in [5, 5.41) is 7.32. The fourth-order valence-electron chi connectivity index (χ4n) is 3.30. The van der Waals surface area contributed by atoms with E-state index in [0.717, 1.165) is 0 Å². The van der Waals surface area contributed by atoms with Crippen molar-refractivity contribution in [2.24, 2.45) is 0 Å². The van der Waals surface area contributed by atoms with Crippen molar-refractivity contribution in [1.29, 1.82) is 0 Å². The fraction of sp³-hybridized carbons (Fsp3) is 0.136. The van der Waals surface area contributed by atoms with E-state index in [4.69, 9.17) is 20.9 Å². The summed E-state index contributed by atoms with van der Waals surface area (Å²) in [6.07, 6.45) is 0. The third kappa shape index (κ3) is 4.48. The van der Waals surface area contributed by atoms with Crippen molar-refractivity contribution in [3.63, 3.8) is 0 Å². The molecule has 0 fully saturated rings. The molecule has 1 amide bonds. The van der Waals surface area contributed by atoms with Crippen LogP contribution in [0.1, 0.15) is 21.7 Å². The number of ether oxygens (including phenoxy) is 1. The highest BCUT2D eigenvalue weighted by molar-refractivity contribution is 7.92. The molecule has 2 aromatic heterocycles. The summed E-state index contributed by atoms with van der Waals surface area (Å²) in [7, 11) is -2.73. The molecule has 4 aromatic rings. The summed E-state index contributed by atoms with van der Waals surface area (Å²) >= 11 is 6.09. The Balaban J connectivity index is 1.70. The number of fused-ring (bicyclic) bond motifs is 1. The first kappa shape index (κ1) is 22.6. The van der Waals surface area contributed by atoms with Crippen LogP contribution in [-0.4, -0.2) is 31.6 Å². The van der Waals surface area contributed by atoms with Gasteiger partial charge in [-0.25, -0.2) is 13.4 Å². The summed E-state index contributed by atoms with van der Waals surface area (Å²) in [6, 6.07) is 12.4. The Morgan fingerprint density at radius 2 is 1.88 bits per heavy atom. The molecule has 170 valence electrons. The van der Waals surface area contributed by atoms with Crippen molar-refractivity contribution in [2.75, 3.05) is 17.1 Å². The summed E-state index contributed by atoms with van der Waals surface area (Å²) in [5.41, 5.74) is 2.12. The van der Waals surface area contributed by atoms with Crippen molar-refractivity contribution in [2.45, 2.75) is 18.7 Å². The van der Waals surface area contributed by atoms with E-state index >= 15 is 0 Å². The summed E-state index contributed by atoms with van der Waals surface area (Å²) < 4.78 is 39.0. The van der Waals surface area contributed by atoms with Crippen LogP contribution in [0.2, 0.25) is 5.02 Å². The number of para-hydroxylation sites is 1. The molecule has 4 rings (SSSR count). The SMILES string of the molecule is COc1ccc(NC(=O)c2cc(C)nc3onc(C)c23)cc1S(=O)(=O)Nc1ccccc1Cl. The van der Waals surface area contributed by atoms with E-state index in [-0.39, 0.29) is 32.8 Å². The highest BCUT2D eigenvalue weighted by Crippen LogP contribution is 2.31. The minimum Gasteiger partial charge on any atom is -0.495 e. The van der Waals surface area contributed by atoms with Crippen LogP contribution in [0, 0.1) is 13.8 Å². The van der Waals surface area contributed by atoms with Crippen LogP contribution >= 0.6 is 11.6 Å². The van der Waals surface area contributed by atoms with Crippen LogP contribution in [0.3, 0.4) is 0 Å². The van der Waals surface area contributed by atoms with Crippen LogP contribution < -0.4 is 14.8 Å². The molecule has 2 heterocycles. The van der Waals surface area contributed by atoms with E-state index in [1.165, 1.54) is 31.4 Å². The lowest BCUT2D eigenvalue weighted by Gasteiger charge is -2.14. The Kier molecular flexibility index (Phi) is 5.96. The quantitative estimate of drug-likeness (QED) is 0.409. The van der Waals surface area contributed by atoms with Gasteiger partial charge in [0.15, 0.2) is 0 Å². The molecule has 2 aromatic carbocycles. The van der Waals surface area contributed by atoms with Gasteiger partial charge in [0.25, 0.3) is 21.6 Å². The van der Waals surface area contributed by atoms with Crippen molar-refractivity contribution in [3.8, 4) is 5.75 Å². The Hall–Kier alpha value is -3.63. The molecule has 11 heteroatoms. The number of methoxy groups -OCH3 is 1. The number of amides is 1. The van der Waals surface area contributed by atoms with E-state index in [2.05, 4.69) is 20.2 Å². The Labute approximate surface area is 194 Å². The molecule has 33 heavy (non-hydrogen) atoms. The smallest absolute Gasteiger partial charge is 0.265 e. The molecule has 0 saturated carbocycles. The normalized spacial score (nSPS) is 11.4. The predicted octanol–water partition coefficient (Wildman–Crippen LogP) is 4.55. The Morgan fingerprint density at radius 3 is 2.61 bits per heavy atom. The molecular formula is C22H19ClN4O5S. The van der Waals surface area contributed by atoms with Gasteiger partial charge in [-0.15, -0.1) is 0 Å². The molecular weight excluding hydrogens is 468 g/mol. The Bertz CT molecular complexity index is 1480. The largest absolute Gasteiger partial charge is 0.495 e. The van der Waals surface area contributed by atoms with Gasteiger partial charge in [-0.2, -0.15) is 0 Å². The number of halogens is 1. The number of rotatable bonds is 6. The molecule has 9 nitrogen and oxygen atoms in total. The minimum absolute atomic E-state index is 0.101. The summed E-state index contributed by atoms with van der Waals surface area (Å²) in [5.74, 6) is -0.367. The molecule has 0 aliphatic carbocycles. The molecule has 0 bridgehead atoms. The van der Waals surface area contributed by atoms with Gasteiger partial charge in [-0.1, -0.05) is 28.9 Å². The standard InChI is InChI=1S/C22H19ClN4O5S/c1-12-10-15(20-13(2)26-32-22(20)24-12)21(28)25-14-8-9-18(31-3)19(11-14)33(29,30)27-17-7-5-4-6-16(17)23/h4-11,27H,1-3H3,(H,25,28). The maximum Gasteiger partial charge on any atom is 0.265 e. The first-order valence-electron chi connectivity index (χ1n) is 9.70. The molecule has 0 atom stereocenters. The number of nitrogens with one attached hydrogen (secondary N) is 2. The lowest BCUT2D eigenvalue weighted by atomic mass is 10.1. The fourth-order valence-corrected chi connectivity index (χ4v) is 4.82. The van der Waals surface area contributed by atoms with Crippen LogP contribution in [0.15, 0.2) is 57.9 Å². The second-order valence-corrected chi connectivity index (χ2v) is 9.22. The molecule has 0 unspecified atom stereocenters. The second-order valence-electron chi connectivity index (χ2n) is 7.16.